The zero-order chi connectivity index (χ0) is 7.84. The van der Waals surface area contributed by atoms with Crippen LogP contribution in [-0.4, -0.2) is 19.5 Å². The summed E-state index contributed by atoms with van der Waals surface area (Å²) in [5.41, 5.74) is 0.892. The molecule has 0 spiro atoms. The molecule has 2 heterocycles. The third kappa shape index (κ3) is 0.920. The molecule has 0 atom stereocenters. The topological polar surface area (TPSA) is 50.4 Å². The Labute approximate surface area is 63.1 Å². The molecule has 56 valence electrons. The Morgan fingerprint density at radius 1 is 1.45 bits per heavy atom. The second-order valence-electron chi connectivity index (χ2n) is 2.40. The van der Waals surface area contributed by atoms with Gasteiger partial charge in [0.15, 0.2) is 5.75 Å². The minimum atomic E-state index is 0.148. The first-order valence-corrected chi connectivity index (χ1v) is 3.26. The van der Waals surface area contributed by atoms with Gasteiger partial charge in [0.1, 0.15) is 0 Å². The van der Waals surface area contributed by atoms with E-state index in [-0.39, 0.29) is 5.75 Å². The number of aromatic hydroxyl groups is 1. The monoisotopic (exact) mass is 149 g/mol. The van der Waals surface area contributed by atoms with Gasteiger partial charge < -0.3 is 5.11 Å². The summed E-state index contributed by atoms with van der Waals surface area (Å²) >= 11 is 0. The van der Waals surface area contributed by atoms with Gasteiger partial charge in [0.05, 0.1) is 18.1 Å². The summed E-state index contributed by atoms with van der Waals surface area (Å²) in [6, 6.07) is 0. The molecule has 0 radical (unpaired) electrons. The summed E-state index contributed by atoms with van der Waals surface area (Å²) in [5, 5.41) is 9.03. The molecule has 0 fully saturated rings. The lowest BCUT2D eigenvalue weighted by molar-refractivity contribution is 0.469. The fourth-order valence-corrected chi connectivity index (χ4v) is 0.994. The average molecular weight is 149 g/mol. The lowest BCUT2D eigenvalue weighted by atomic mass is 10.6. The summed E-state index contributed by atoms with van der Waals surface area (Å²) in [4.78, 5) is 8.00. The van der Waals surface area contributed by atoms with E-state index in [1.54, 1.807) is 10.6 Å². The smallest absolute Gasteiger partial charge is 0.234 e. The molecule has 2 aromatic rings. The van der Waals surface area contributed by atoms with Gasteiger partial charge in [-0.2, -0.15) is 0 Å². The molecular weight excluding hydrogens is 142 g/mol. The maximum Gasteiger partial charge on any atom is 0.234 e. The van der Waals surface area contributed by atoms with Crippen LogP contribution in [0.4, 0.5) is 0 Å². The van der Waals surface area contributed by atoms with Crippen molar-refractivity contribution >= 4 is 5.78 Å². The number of imidazole rings is 1. The molecule has 0 aliphatic rings. The average Bonchev–Trinajstić information content (AvgIpc) is 2.27. The van der Waals surface area contributed by atoms with E-state index in [2.05, 4.69) is 9.97 Å². The molecule has 0 aliphatic heterocycles. The number of hydrogen-bond donors (Lipinski definition) is 1. The summed E-state index contributed by atoms with van der Waals surface area (Å²) in [6.45, 7) is 1.88. The minimum absolute atomic E-state index is 0.148. The van der Waals surface area contributed by atoms with Crippen LogP contribution in [0.3, 0.4) is 0 Å². The number of aromatic nitrogens is 3. The maximum atomic E-state index is 9.03. The molecule has 0 bridgehead atoms. The summed E-state index contributed by atoms with van der Waals surface area (Å²) in [5.74, 6) is 0.759. The van der Waals surface area contributed by atoms with Crippen molar-refractivity contribution in [3.8, 4) is 5.75 Å². The van der Waals surface area contributed by atoms with E-state index in [1.807, 2.05) is 13.1 Å². The third-order valence-electron chi connectivity index (χ3n) is 1.42. The first kappa shape index (κ1) is 6.15. The Balaban J connectivity index is 2.82. The van der Waals surface area contributed by atoms with Crippen LogP contribution in [0.2, 0.25) is 0 Å². The van der Waals surface area contributed by atoms with Crippen molar-refractivity contribution in [1.29, 1.82) is 0 Å². The van der Waals surface area contributed by atoms with Crippen LogP contribution in [0.25, 0.3) is 5.78 Å². The number of fused-ring (bicyclic) bond motifs is 1. The van der Waals surface area contributed by atoms with Crippen molar-refractivity contribution in [1.82, 2.24) is 14.4 Å². The molecule has 4 heteroatoms. The van der Waals surface area contributed by atoms with Crippen molar-refractivity contribution in [2.45, 2.75) is 6.92 Å². The van der Waals surface area contributed by atoms with Crippen LogP contribution < -0.4 is 0 Å². The Bertz CT molecular complexity index is 393. The molecule has 4 nitrogen and oxygen atoms in total. The fraction of sp³-hybridized carbons (Fsp3) is 0.143. The van der Waals surface area contributed by atoms with Gasteiger partial charge >= 0.3 is 0 Å². The Kier molecular flexibility index (Phi) is 1.09. The Morgan fingerprint density at radius 2 is 2.27 bits per heavy atom. The van der Waals surface area contributed by atoms with E-state index in [0.29, 0.717) is 5.78 Å². The first-order valence-electron chi connectivity index (χ1n) is 3.26. The van der Waals surface area contributed by atoms with Crippen LogP contribution in [0.5, 0.6) is 5.75 Å². The zero-order valence-corrected chi connectivity index (χ0v) is 6.02. The van der Waals surface area contributed by atoms with Crippen molar-refractivity contribution in [2.75, 3.05) is 0 Å². The number of nitrogens with zero attached hydrogens (tertiary/aromatic N) is 3. The van der Waals surface area contributed by atoms with Crippen molar-refractivity contribution < 1.29 is 5.11 Å². The highest BCUT2D eigenvalue weighted by atomic mass is 16.3. The quantitative estimate of drug-likeness (QED) is 0.601. The first-order chi connectivity index (χ1) is 5.25. The predicted molar refractivity (Wildman–Crippen MR) is 39.4 cm³/mol. The van der Waals surface area contributed by atoms with Gasteiger partial charge in [-0.05, 0) is 6.92 Å². The van der Waals surface area contributed by atoms with Crippen LogP contribution in [0, 0.1) is 6.92 Å². The van der Waals surface area contributed by atoms with Crippen LogP contribution in [-0.2, 0) is 0 Å². The van der Waals surface area contributed by atoms with Crippen LogP contribution in [0.15, 0.2) is 18.6 Å². The lowest BCUT2D eigenvalue weighted by Crippen LogP contribution is -1.84. The SMILES string of the molecule is Cc1cn2cc(O)cnc2n1. The van der Waals surface area contributed by atoms with Crippen molar-refractivity contribution in [3.05, 3.63) is 24.3 Å². The predicted octanol–water partition coefficient (Wildman–Crippen LogP) is 0.743. The molecular formula is C7H7N3O. The van der Waals surface area contributed by atoms with Gasteiger partial charge in [-0.15, -0.1) is 0 Å². The van der Waals surface area contributed by atoms with Crippen LogP contribution in [0.1, 0.15) is 5.69 Å². The summed E-state index contributed by atoms with van der Waals surface area (Å²) in [7, 11) is 0. The second-order valence-corrected chi connectivity index (χ2v) is 2.40. The normalized spacial score (nSPS) is 10.6. The second kappa shape index (κ2) is 1.95. The van der Waals surface area contributed by atoms with E-state index in [0.717, 1.165) is 5.69 Å². The number of aryl methyl sites for hydroxylation is 1. The number of hydrogen-bond acceptors (Lipinski definition) is 3. The molecule has 0 unspecified atom stereocenters. The molecule has 0 aromatic carbocycles. The summed E-state index contributed by atoms with van der Waals surface area (Å²) < 4.78 is 1.69. The standard InChI is InChI=1S/C7H7N3O/c1-5-3-10-4-6(11)2-8-7(10)9-5/h2-4,11H,1H3. The van der Waals surface area contributed by atoms with E-state index in [9.17, 15) is 0 Å². The highest BCUT2D eigenvalue weighted by molar-refractivity contribution is 5.32. The number of rotatable bonds is 0. The van der Waals surface area contributed by atoms with Crippen molar-refractivity contribution in [2.24, 2.45) is 0 Å². The van der Waals surface area contributed by atoms with E-state index >= 15 is 0 Å². The Morgan fingerprint density at radius 3 is 3.09 bits per heavy atom. The highest BCUT2D eigenvalue weighted by Gasteiger charge is 1.97. The zero-order valence-electron chi connectivity index (χ0n) is 6.02. The molecule has 2 aromatic heterocycles. The maximum absolute atomic E-state index is 9.03. The minimum Gasteiger partial charge on any atom is -0.505 e. The van der Waals surface area contributed by atoms with E-state index < -0.39 is 0 Å². The van der Waals surface area contributed by atoms with Gasteiger partial charge in [-0.1, -0.05) is 0 Å². The summed E-state index contributed by atoms with van der Waals surface area (Å²) in [6.07, 6.45) is 4.76. The molecule has 0 aliphatic carbocycles. The molecule has 0 amide bonds. The van der Waals surface area contributed by atoms with Gasteiger partial charge in [0.25, 0.3) is 0 Å². The molecule has 0 saturated heterocycles. The van der Waals surface area contributed by atoms with Crippen molar-refractivity contribution in [3.63, 3.8) is 0 Å². The van der Waals surface area contributed by atoms with Crippen LogP contribution >= 0.6 is 0 Å². The highest BCUT2D eigenvalue weighted by Crippen LogP contribution is 2.07. The molecule has 1 N–H and O–H groups in total. The fourth-order valence-electron chi connectivity index (χ4n) is 0.994. The van der Waals surface area contributed by atoms with Gasteiger partial charge in [-0.25, -0.2) is 9.97 Å². The lowest BCUT2D eigenvalue weighted by Gasteiger charge is -1.91. The Hall–Kier alpha value is -1.58. The molecule has 2 rings (SSSR count). The van der Waals surface area contributed by atoms with Gasteiger partial charge in [0.2, 0.25) is 5.78 Å². The third-order valence-corrected chi connectivity index (χ3v) is 1.42. The van der Waals surface area contributed by atoms with E-state index in [4.69, 9.17) is 5.11 Å². The van der Waals surface area contributed by atoms with Gasteiger partial charge in [0, 0.05) is 6.20 Å². The van der Waals surface area contributed by atoms with E-state index in [1.165, 1.54) is 6.20 Å². The molecule has 0 saturated carbocycles. The van der Waals surface area contributed by atoms with Gasteiger partial charge in [-0.3, -0.25) is 4.40 Å². The molecule has 11 heavy (non-hydrogen) atoms. The largest absolute Gasteiger partial charge is 0.505 e.